The SMILES string of the molecule is COCCN(C)C[C@@H]1CN(C(=O)c2sc(C)nc2C)C[C@@H]1CO. The predicted octanol–water partition coefficient (Wildman–Crippen LogP) is 1.02. The summed E-state index contributed by atoms with van der Waals surface area (Å²) in [4.78, 5) is 21.9. The Morgan fingerprint density at radius 1 is 1.43 bits per heavy atom. The van der Waals surface area contributed by atoms with Gasteiger partial charge in [0.1, 0.15) is 4.88 Å². The van der Waals surface area contributed by atoms with Crippen LogP contribution in [0.3, 0.4) is 0 Å². The van der Waals surface area contributed by atoms with Crippen LogP contribution in [0.15, 0.2) is 0 Å². The van der Waals surface area contributed by atoms with E-state index in [1.165, 1.54) is 11.3 Å². The highest BCUT2D eigenvalue weighted by Crippen LogP contribution is 2.27. The van der Waals surface area contributed by atoms with Gasteiger partial charge in [0.15, 0.2) is 0 Å². The van der Waals surface area contributed by atoms with Gasteiger partial charge in [-0.25, -0.2) is 4.98 Å². The van der Waals surface area contributed by atoms with Crippen LogP contribution in [0, 0.1) is 25.7 Å². The van der Waals surface area contributed by atoms with Crippen LogP contribution >= 0.6 is 11.3 Å². The molecule has 2 rings (SSSR count). The molecule has 1 aliphatic rings. The van der Waals surface area contributed by atoms with Gasteiger partial charge in [0.2, 0.25) is 0 Å². The zero-order valence-electron chi connectivity index (χ0n) is 14.4. The Balaban J connectivity index is 2.00. The number of amides is 1. The number of methoxy groups -OCH3 is 1. The minimum Gasteiger partial charge on any atom is -0.396 e. The summed E-state index contributed by atoms with van der Waals surface area (Å²) in [5, 5.41) is 10.6. The minimum atomic E-state index is 0.0496. The molecule has 2 atom stereocenters. The van der Waals surface area contributed by atoms with Crippen molar-refractivity contribution < 1.29 is 14.6 Å². The zero-order chi connectivity index (χ0) is 17.0. The van der Waals surface area contributed by atoms with E-state index in [1.54, 1.807) is 7.11 Å². The van der Waals surface area contributed by atoms with E-state index in [2.05, 4.69) is 16.9 Å². The number of ether oxygens (including phenoxy) is 1. The van der Waals surface area contributed by atoms with Gasteiger partial charge >= 0.3 is 0 Å². The third-order valence-electron chi connectivity index (χ3n) is 4.42. The van der Waals surface area contributed by atoms with Crippen molar-refractivity contribution in [3.8, 4) is 0 Å². The van der Waals surface area contributed by atoms with Gasteiger partial charge in [0.25, 0.3) is 5.91 Å². The summed E-state index contributed by atoms with van der Waals surface area (Å²) in [7, 11) is 3.74. The van der Waals surface area contributed by atoms with Gasteiger partial charge in [-0.3, -0.25) is 4.79 Å². The number of aryl methyl sites for hydroxylation is 2. The van der Waals surface area contributed by atoms with Gasteiger partial charge in [-0.15, -0.1) is 11.3 Å². The maximum atomic E-state index is 12.7. The summed E-state index contributed by atoms with van der Waals surface area (Å²) in [6.07, 6.45) is 0. The molecule has 0 saturated carbocycles. The van der Waals surface area contributed by atoms with Gasteiger partial charge in [-0.05, 0) is 26.8 Å². The molecule has 0 radical (unpaired) electrons. The van der Waals surface area contributed by atoms with E-state index in [-0.39, 0.29) is 18.4 Å². The molecule has 2 heterocycles. The van der Waals surface area contributed by atoms with Crippen molar-refractivity contribution in [3.05, 3.63) is 15.6 Å². The van der Waals surface area contributed by atoms with Gasteiger partial charge in [0, 0.05) is 45.8 Å². The lowest BCUT2D eigenvalue weighted by Gasteiger charge is -2.23. The summed E-state index contributed by atoms with van der Waals surface area (Å²) < 4.78 is 5.10. The fourth-order valence-electron chi connectivity index (χ4n) is 3.13. The summed E-state index contributed by atoms with van der Waals surface area (Å²) in [5.74, 6) is 0.479. The van der Waals surface area contributed by atoms with Gasteiger partial charge in [0.05, 0.1) is 17.3 Å². The third-order valence-corrected chi connectivity index (χ3v) is 5.48. The number of aliphatic hydroxyl groups excluding tert-OH is 1. The van der Waals surface area contributed by atoms with E-state index in [4.69, 9.17) is 4.74 Å². The molecule has 1 aromatic heterocycles. The number of thiazole rings is 1. The van der Waals surface area contributed by atoms with E-state index in [1.807, 2.05) is 18.7 Å². The molecule has 1 fully saturated rings. The average Bonchev–Trinajstić information content (AvgIpc) is 3.07. The fraction of sp³-hybridized carbons (Fsp3) is 0.750. The number of likely N-dealkylation sites (tertiary alicyclic amines) is 1. The second-order valence-electron chi connectivity index (χ2n) is 6.32. The Kier molecular flexibility index (Phi) is 6.52. The number of carbonyl (C=O) groups is 1. The molecule has 23 heavy (non-hydrogen) atoms. The lowest BCUT2D eigenvalue weighted by Crippen LogP contribution is -2.33. The van der Waals surface area contributed by atoms with Crippen LogP contribution in [0.4, 0.5) is 0 Å². The highest BCUT2D eigenvalue weighted by atomic mass is 32.1. The molecule has 0 aliphatic carbocycles. The Morgan fingerprint density at radius 2 is 2.13 bits per heavy atom. The molecule has 0 aromatic carbocycles. The number of rotatable bonds is 7. The van der Waals surface area contributed by atoms with Crippen LogP contribution < -0.4 is 0 Å². The highest BCUT2D eigenvalue weighted by Gasteiger charge is 2.36. The van der Waals surface area contributed by atoms with Crippen LogP contribution in [0.5, 0.6) is 0 Å². The third kappa shape index (κ3) is 4.50. The number of nitrogens with zero attached hydrogens (tertiary/aromatic N) is 3. The first-order valence-electron chi connectivity index (χ1n) is 7.97. The molecular weight excluding hydrogens is 314 g/mol. The molecule has 7 heteroatoms. The summed E-state index contributed by atoms with van der Waals surface area (Å²) in [5.41, 5.74) is 0.804. The van der Waals surface area contributed by atoms with Crippen LogP contribution in [0.25, 0.3) is 0 Å². The fourth-order valence-corrected chi connectivity index (χ4v) is 4.02. The largest absolute Gasteiger partial charge is 0.396 e. The summed E-state index contributed by atoms with van der Waals surface area (Å²) in [6, 6.07) is 0. The first kappa shape index (κ1) is 18.3. The average molecular weight is 341 g/mol. The molecule has 6 nitrogen and oxygen atoms in total. The smallest absolute Gasteiger partial charge is 0.265 e. The highest BCUT2D eigenvalue weighted by molar-refractivity contribution is 7.13. The topological polar surface area (TPSA) is 65.9 Å². The Morgan fingerprint density at radius 3 is 2.70 bits per heavy atom. The van der Waals surface area contributed by atoms with Crippen LogP contribution in [-0.2, 0) is 4.74 Å². The molecule has 1 aliphatic heterocycles. The number of aromatic nitrogens is 1. The number of likely N-dealkylation sites (N-methyl/N-ethyl adjacent to an activating group) is 1. The molecule has 1 aromatic rings. The molecule has 0 unspecified atom stereocenters. The number of carbonyl (C=O) groups excluding carboxylic acids is 1. The van der Waals surface area contributed by atoms with Crippen LogP contribution in [-0.4, -0.2) is 79.3 Å². The van der Waals surface area contributed by atoms with E-state index in [0.717, 1.165) is 28.7 Å². The maximum Gasteiger partial charge on any atom is 0.265 e. The number of aliphatic hydroxyl groups is 1. The van der Waals surface area contributed by atoms with Crippen molar-refractivity contribution in [1.82, 2.24) is 14.8 Å². The van der Waals surface area contributed by atoms with Crippen molar-refractivity contribution in [2.75, 3.05) is 53.6 Å². The quantitative estimate of drug-likeness (QED) is 0.802. The number of hydrogen-bond donors (Lipinski definition) is 1. The van der Waals surface area contributed by atoms with Crippen molar-refractivity contribution >= 4 is 17.2 Å². The monoisotopic (exact) mass is 341 g/mol. The van der Waals surface area contributed by atoms with Crippen molar-refractivity contribution in [3.63, 3.8) is 0 Å². The van der Waals surface area contributed by atoms with Crippen molar-refractivity contribution in [2.24, 2.45) is 11.8 Å². The Bertz CT molecular complexity index is 535. The van der Waals surface area contributed by atoms with Crippen molar-refractivity contribution in [1.29, 1.82) is 0 Å². The standard InChI is InChI=1S/C16H27N3O3S/c1-11-15(23-12(2)17-11)16(21)19-8-13(14(9-19)10-20)7-18(3)5-6-22-4/h13-14,20H,5-10H2,1-4H3/t13-,14-/m1/s1. The van der Waals surface area contributed by atoms with E-state index in [9.17, 15) is 9.90 Å². The molecule has 130 valence electrons. The van der Waals surface area contributed by atoms with Gasteiger partial charge in [-0.1, -0.05) is 0 Å². The Hall–Kier alpha value is -1.02. The normalized spacial score (nSPS) is 21.4. The lowest BCUT2D eigenvalue weighted by molar-refractivity contribution is 0.0782. The molecule has 1 N–H and O–H groups in total. The van der Waals surface area contributed by atoms with E-state index in [0.29, 0.717) is 25.6 Å². The van der Waals surface area contributed by atoms with Crippen LogP contribution in [0.1, 0.15) is 20.4 Å². The van der Waals surface area contributed by atoms with E-state index >= 15 is 0 Å². The van der Waals surface area contributed by atoms with Crippen molar-refractivity contribution in [2.45, 2.75) is 13.8 Å². The summed E-state index contributed by atoms with van der Waals surface area (Å²) >= 11 is 1.45. The Labute approximate surface area is 142 Å². The predicted molar refractivity (Wildman–Crippen MR) is 90.9 cm³/mol. The molecule has 0 bridgehead atoms. The van der Waals surface area contributed by atoms with Gasteiger partial charge in [-0.2, -0.15) is 0 Å². The second kappa shape index (κ2) is 8.19. The van der Waals surface area contributed by atoms with Gasteiger partial charge < -0.3 is 19.6 Å². The number of hydrogen-bond acceptors (Lipinski definition) is 6. The zero-order valence-corrected chi connectivity index (χ0v) is 15.2. The maximum absolute atomic E-state index is 12.7. The summed E-state index contributed by atoms with van der Waals surface area (Å²) in [6.45, 7) is 7.63. The molecule has 1 amide bonds. The molecular formula is C16H27N3O3S. The van der Waals surface area contributed by atoms with E-state index < -0.39 is 0 Å². The first-order chi connectivity index (χ1) is 11.0. The minimum absolute atomic E-state index is 0.0496. The molecule has 1 saturated heterocycles. The van der Waals surface area contributed by atoms with Crippen LogP contribution in [0.2, 0.25) is 0 Å². The lowest BCUT2D eigenvalue weighted by atomic mass is 9.96. The molecule has 0 spiro atoms. The first-order valence-corrected chi connectivity index (χ1v) is 8.79. The second-order valence-corrected chi connectivity index (χ2v) is 7.52.